The molecular weight excluding hydrogens is 398 g/mol. The topological polar surface area (TPSA) is 104 Å². The molecule has 8 heteroatoms. The largest absolute Gasteiger partial charge is 0.490 e. The molecule has 8 nitrogen and oxygen atoms in total. The third-order valence-corrected chi connectivity index (χ3v) is 4.75. The molecule has 3 rings (SSSR count). The first-order valence-corrected chi connectivity index (χ1v) is 10.6. The molecule has 2 N–H and O–H groups in total. The zero-order valence-electron chi connectivity index (χ0n) is 18.8. The lowest BCUT2D eigenvalue weighted by molar-refractivity contribution is 0.00793. The Morgan fingerprint density at radius 2 is 1.97 bits per heavy atom. The van der Waals surface area contributed by atoms with Crippen molar-refractivity contribution >= 4 is 22.9 Å². The molecule has 1 fully saturated rings. The second-order valence-corrected chi connectivity index (χ2v) is 9.01. The molecule has 1 aromatic carbocycles. The number of hydrogen-bond acceptors (Lipinski definition) is 6. The van der Waals surface area contributed by atoms with Gasteiger partial charge in [0.1, 0.15) is 23.2 Å². The molecule has 2 amide bonds. The summed E-state index contributed by atoms with van der Waals surface area (Å²) in [6.45, 7) is 10.4. The molecule has 1 saturated heterocycles. The average Bonchev–Trinajstić information content (AvgIpc) is 2.66. The average molecular weight is 430 g/mol. The van der Waals surface area contributed by atoms with E-state index in [9.17, 15) is 9.59 Å². The summed E-state index contributed by atoms with van der Waals surface area (Å²) < 4.78 is 17.6. The van der Waals surface area contributed by atoms with E-state index in [0.717, 1.165) is 18.2 Å². The zero-order valence-corrected chi connectivity index (χ0v) is 18.8. The molecule has 1 aliphatic rings. The Kier molecular flexibility index (Phi) is 6.57. The monoisotopic (exact) mass is 429 g/mol. The van der Waals surface area contributed by atoms with E-state index in [-0.39, 0.29) is 23.9 Å². The first-order chi connectivity index (χ1) is 14.5. The number of likely N-dealkylation sites (tertiary alicyclic amines) is 1. The van der Waals surface area contributed by atoms with E-state index in [1.807, 2.05) is 34.6 Å². The molecule has 1 aromatic heterocycles. The molecule has 2 aromatic rings. The van der Waals surface area contributed by atoms with Crippen LogP contribution in [0.15, 0.2) is 24.4 Å². The van der Waals surface area contributed by atoms with Gasteiger partial charge in [-0.3, -0.25) is 9.78 Å². The number of piperidine rings is 1. The van der Waals surface area contributed by atoms with Crippen LogP contribution in [0.4, 0.5) is 4.79 Å². The summed E-state index contributed by atoms with van der Waals surface area (Å²) >= 11 is 0. The molecule has 1 aliphatic heterocycles. The minimum absolute atomic E-state index is 0.127. The number of carbonyl (C=O) groups excluding carboxylic acids is 2. The standard InChI is InChI=1S/C23H31N3O5/c1-14(2)29-20-12-16-18(11-17(20)21(24)27)25-9-8-19(16)30-15-7-6-10-26(13-15)22(28)31-23(3,4)5/h8-9,11-12,14-15H,6-7,10,13H2,1-5H3,(H2,24,27)/t15-/m1/s1. The lowest BCUT2D eigenvalue weighted by Gasteiger charge is -2.34. The van der Waals surface area contributed by atoms with Crippen LogP contribution in [0.5, 0.6) is 11.5 Å². The van der Waals surface area contributed by atoms with Crippen molar-refractivity contribution in [3.8, 4) is 11.5 Å². The maximum Gasteiger partial charge on any atom is 0.410 e. The lowest BCUT2D eigenvalue weighted by Crippen LogP contribution is -2.46. The SMILES string of the molecule is CC(C)Oc1cc2c(O[C@@H]3CCCN(C(=O)OC(C)(C)C)C3)ccnc2cc1C(N)=O. The number of pyridine rings is 1. The number of nitrogens with zero attached hydrogens (tertiary/aromatic N) is 2. The van der Waals surface area contributed by atoms with Gasteiger partial charge in [-0.15, -0.1) is 0 Å². The fraction of sp³-hybridized carbons (Fsp3) is 0.522. The van der Waals surface area contributed by atoms with Gasteiger partial charge in [0.15, 0.2) is 0 Å². The lowest BCUT2D eigenvalue weighted by atomic mass is 10.1. The molecule has 0 spiro atoms. The Hall–Kier alpha value is -3.03. The number of ether oxygens (including phenoxy) is 3. The smallest absolute Gasteiger partial charge is 0.410 e. The molecular formula is C23H31N3O5. The van der Waals surface area contributed by atoms with Gasteiger partial charge in [0.05, 0.1) is 23.7 Å². The molecule has 1 atom stereocenters. The fourth-order valence-corrected chi connectivity index (χ4v) is 3.50. The number of carbonyl (C=O) groups is 2. The summed E-state index contributed by atoms with van der Waals surface area (Å²) in [7, 11) is 0. The second kappa shape index (κ2) is 8.99. The van der Waals surface area contributed by atoms with Crippen LogP contribution in [0.2, 0.25) is 0 Å². The van der Waals surface area contributed by atoms with Gasteiger partial charge in [-0.2, -0.15) is 0 Å². The molecule has 0 radical (unpaired) electrons. The third-order valence-electron chi connectivity index (χ3n) is 4.75. The maximum atomic E-state index is 12.5. The first-order valence-electron chi connectivity index (χ1n) is 10.6. The van der Waals surface area contributed by atoms with Gasteiger partial charge < -0.3 is 24.8 Å². The zero-order chi connectivity index (χ0) is 22.8. The highest BCUT2D eigenvalue weighted by atomic mass is 16.6. The normalized spacial score (nSPS) is 17.0. The molecule has 0 bridgehead atoms. The Balaban J connectivity index is 1.85. The molecule has 2 heterocycles. The van der Waals surface area contributed by atoms with E-state index >= 15 is 0 Å². The van der Waals surface area contributed by atoms with Crippen LogP contribution in [0.1, 0.15) is 57.8 Å². The van der Waals surface area contributed by atoms with Crippen molar-refractivity contribution in [1.29, 1.82) is 0 Å². The van der Waals surface area contributed by atoms with Gasteiger partial charge in [0.2, 0.25) is 0 Å². The summed E-state index contributed by atoms with van der Waals surface area (Å²) in [4.78, 5) is 30.4. The number of hydrogen-bond donors (Lipinski definition) is 1. The number of benzene rings is 1. The quantitative estimate of drug-likeness (QED) is 0.773. The van der Waals surface area contributed by atoms with E-state index < -0.39 is 11.5 Å². The van der Waals surface area contributed by atoms with Gasteiger partial charge >= 0.3 is 6.09 Å². The molecule has 31 heavy (non-hydrogen) atoms. The van der Waals surface area contributed by atoms with Crippen molar-refractivity contribution in [2.45, 2.75) is 65.3 Å². The van der Waals surface area contributed by atoms with Crippen LogP contribution in [-0.4, -0.2) is 52.8 Å². The van der Waals surface area contributed by atoms with E-state index in [0.29, 0.717) is 30.1 Å². The van der Waals surface area contributed by atoms with E-state index in [1.165, 1.54) is 0 Å². The van der Waals surface area contributed by atoms with Crippen molar-refractivity contribution in [3.63, 3.8) is 0 Å². The molecule has 168 valence electrons. The van der Waals surface area contributed by atoms with Crippen LogP contribution in [-0.2, 0) is 4.74 Å². The Morgan fingerprint density at radius 3 is 2.61 bits per heavy atom. The van der Waals surface area contributed by atoms with Crippen molar-refractivity contribution in [2.75, 3.05) is 13.1 Å². The predicted molar refractivity (Wildman–Crippen MR) is 117 cm³/mol. The summed E-state index contributed by atoms with van der Waals surface area (Å²) in [6.07, 6.45) is 2.62. The highest BCUT2D eigenvalue weighted by Crippen LogP contribution is 2.33. The predicted octanol–water partition coefficient (Wildman–Crippen LogP) is 3.90. The van der Waals surface area contributed by atoms with Crippen molar-refractivity contribution < 1.29 is 23.8 Å². The van der Waals surface area contributed by atoms with Crippen LogP contribution >= 0.6 is 0 Å². The summed E-state index contributed by atoms with van der Waals surface area (Å²) in [5, 5.41) is 0.720. The van der Waals surface area contributed by atoms with E-state index in [2.05, 4.69) is 4.98 Å². The highest BCUT2D eigenvalue weighted by Gasteiger charge is 2.29. The van der Waals surface area contributed by atoms with Crippen molar-refractivity contribution in [3.05, 3.63) is 30.0 Å². The Bertz CT molecular complexity index is 968. The fourth-order valence-electron chi connectivity index (χ4n) is 3.50. The third kappa shape index (κ3) is 5.77. The first kappa shape index (κ1) is 22.7. The summed E-state index contributed by atoms with van der Waals surface area (Å²) in [5.74, 6) is 0.434. The Morgan fingerprint density at radius 1 is 1.23 bits per heavy atom. The number of nitrogens with two attached hydrogens (primary N) is 1. The summed E-state index contributed by atoms with van der Waals surface area (Å²) in [5.41, 5.74) is 5.85. The van der Waals surface area contributed by atoms with Gasteiger partial charge in [0, 0.05) is 18.1 Å². The van der Waals surface area contributed by atoms with Crippen LogP contribution in [0.3, 0.4) is 0 Å². The molecule has 0 unspecified atom stereocenters. The van der Waals surface area contributed by atoms with Crippen molar-refractivity contribution in [1.82, 2.24) is 9.88 Å². The minimum atomic E-state index is -0.578. The van der Waals surface area contributed by atoms with E-state index in [4.69, 9.17) is 19.9 Å². The number of primary amides is 1. The molecule has 0 saturated carbocycles. The maximum absolute atomic E-state index is 12.5. The van der Waals surface area contributed by atoms with Gasteiger partial charge in [-0.05, 0) is 65.7 Å². The second-order valence-electron chi connectivity index (χ2n) is 9.01. The number of fused-ring (bicyclic) bond motifs is 1. The summed E-state index contributed by atoms with van der Waals surface area (Å²) in [6, 6.07) is 5.14. The number of rotatable bonds is 5. The van der Waals surface area contributed by atoms with E-state index in [1.54, 1.807) is 29.3 Å². The van der Waals surface area contributed by atoms with Gasteiger partial charge in [-0.1, -0.05) is 0 Å². The number of aromatic nitrogens is 1. The molecule has 0 aliphatic carbocycles. The highest BCUT2D eigenvalue weighted by molar-refractivity contribution is 6.01. The van der Waals surface area contributed by atoms with Crippen LogP contribution in [0, 0.1) is 0 Å². The number of amides is 2. The van der Waals surface area contributed by atoms with Crippen LogP contribution < -0.4 is 15.2 Å². The Labute approximate surface area is 182 Å². The van der Waals surface area contributed by atoms with Gasteiger partial charge in [0.25, 0.3) is 5.91 Å². The van der Waals surface area contributed by atoms with Gasteiger partial charge in [-0.25, -0.2) is 4.79 Å². The minimum Gasteiger partial charge on any atom is -0.490 e. The van der Waals surface area contributed by atoms with Crippen LogP contribution in [0.25, 0.3) is 10.9 Å². The van der Waals surface area contributed by atoms with Crippen molar-refractivity contribution in [2.24, 2.45) is 5.73 Å².